The Hall–Kier alpha value is -1.68. The van der Waals surface area contributed by atoms with Gasteiger partial charge in [0.2, 0.25) is 6.54 Å². The van der Waals surface area contributed by atoms with Crippen LogP contribution in [-0.2, 0) is 4.79 Å². The third-order valence-electron chi connectivity index (χ3n) is 2.36. The molecule has 0 N–H and O–H groups in total. The van der Waals surface area contributed by atoms with E-state index in [2.05, 4.69) is 0 Å². The first-order chi connectivity index (χ1) is 8.47. The molecule has 0 fully saturated rings. The largest absolute Gasteiger partial charge is 0.300 e. The summed E-state index contributed by atoms with van der Waals surface area (Å²) in [4.78, 5) is 21.1. The number of nitro groups is 1. The Morgan fingerprint density at radius 3 is 2.56 bits per heavy atom. The first-order valence-corrected chi connectivity index (χ1v) is 5.90. The highest BCUT2D eigenvalue weighted by atomic mass is 35.5. The second-order valence-electron chi connectivity index (χ2n) is 4.09. The lowest BCUT2D eigenvalue weighted by Crippen LogP contribution is -2.14. The Labute approximate surface area is 110 Å². The maximum atomic E-state index is 11.0. The molecule has 0 aromatic heterocycles. The van der Waals surface area contributed by atoms with E-state index in [0.717, 1.165) is 5.56 Å². The third-order valence-corrected chi connectivity index (χ3v) is 2.62. The van der Waals surface area contributed by atoms with E-state index in [1.807, 2.05) is 12.1 Å². The molecule has 1 aromatic carbocycles. The molecule has 1 atom stereocenters. The molecule has 0 aliphatic heterocycles. The smallest absolute Gasteiger partial charge is 0.210 e. The molecule has 0 saturated carbocycles. The van der Waals surface area contributed by atoms with Crippen molar-refractivity contribution in [3.63, 3.8) is 0 Å². The summed E-state index contributed by atoms with van der Waals surface area (Å²) in [7, 11) is 0. The second kappa shape index (κ2) is 6.91. The normalized spacial score (nSPS) is 12.6. The maximum absolute atomic E-state index is 11.0. The topological polar surface area (TPSA) is 60.2 Å². The summed E-state index contributed by atoms with van der Waals surface area (Å²) in [5.74, 6) is -0.421. The lowest BCUT2D eigenvalue weighted by atomic mass is 10.0. The summed E-state index contributed by atoms with van der Waals surface area (Å²) >= 11 is 5.75. The van der Waals surface area contributed by atoms with Crippen molar-refractivity contribution >= 4 is 23.5 Å². The first kappa shape index (κ1) is 14.4. The molecule has 0 heterocycles. The molecular weight excluding hydrogens is 254 g/mol. The highest BCUT2D eigenvalue weighted by Crippen LogP contribution is 2.13. The molecule has 0 amide bonds. The predicted molar refractivity (Wildman–Crippen MR) is 71.1 cm³/mol. The molecule has 1 aromatic rings. The second-order valence-corrected chi connectivity index (χ2v) is 4.53. The number of rotatable bonds is 6. The number of carbonyl (C=O) groups excluding carboxylic acids is 1. The fourth-order valence-electron chi connectivity index (χ4n) is 1.58. The molecule has 96 valence electrons. The van der Waals surface area contributed by atoms with E-state index >= 15 is 0 Å². The summed E-state index contributed by atoms with van der Waals surface area (Å²) in [6.07, 6.45) is 3.66. The quantitative estimate of drug-likeness (QED) is 0.587. The monoisotopic (exact) mass is 267 g/mol. The number of Topliss-reactive ketones (excluding diaryl/α,β-unsaturated/α-hetero) is 1. The van der Waals surface area contributed by atoms with Crippen molar-refractivity contribution in [3.05, 3.63) is 51.0 Å². The van der Waals surface area contributed by atoms with Crippen molar-refractivity contribution in [2.45, 2.75) is 13.3 Å². The fourth-order valence-corrected chi connectivity index (χ4v) is 1.70. The number of hydrogen-bond acceptors (Lipinski definition) is 3. The summed E-state index contributed by atoms with van der Waals surface area (Å²) in [5.41, 5.74) is 0.899. The molecule has 5 heteroatoms. The van der Waals surface area contributed by atoms with Gasteiger partial charge in [0.25, 0.3) is 0 Å². The average molecular weight is 268 g/mol. The first-order valence-electron chi connectivity index (χ1n) is 5.52. The van der Waals surface area contributed by atoms with E-state index in [1.165, 1.54) is 6.92 Å². The van der Waals surface area contributed by atoms with Gasteiger partial charge < -0.3 is 4.79 Å². The lowest BCUT2D eigenvalue weighted by molar-refractivity contribution is -0.485. The molecule has 1 rings (SSSR count). The van der Waals surface area contributed by atoms with Gasteiger partial charge >= 0.3 is 0 Å². The highest BCUT2D eigenvalue weighted by Gasteiger charge is 2.14. The van der Waals surface area contributed by atoms with Gasteiger partial charge in [-0.05, 0) is 24.6 Å². The number of carbonyl (C=O) groups is 1. The zero-order chi connectivity index (χ0) is 13.5. The number of nitrogens with zero attached hydrogens (tertiary/aromatic N) is 1. The Bertz CT molecular complexity index is 438. The zero-order valence-corrected chi connectivity index (χ0v) is 10.8. The van der Waals surface area contributed by atoms with Gasteiger partial charge in [-0.2, -0.15) is 0 Å². The molecule has 0 radical (unpaired) electrons. The molecular formula is C13H14ClNO3. The molecule has 0 unspecified atom stereocenters. The van der Waals surface area contributed by atoms with E-state index in [0.29, 0.717) is 5.02 Å². The Morgan fingerprint density at radius 2 is 2.06 bits per heavy atom. The maximum Gasteiger partial charge on any atom is 0.210 e. The summed E-state index contributed by atoms with van der Waals surface area (Å²) in [6.45, 7) is 1.20. The van der Waals surface area contributed by atoms with Crippen molar-refractivity contribution in [2.24, 2.45) is 5.92 Å². The van der Waals surface area contributed by atoms with Crippen LogP contribution in [0.15, 0.2) is 30.3 Å². The van der Waals surface area contributed by atoms with Crippen LogP contribution in [0.4, 0.5) is 0 Å². The van der Waals surface area contributed by atoms with E-state index in [1.54, 1.807) is 24.3 Å². The van der Waals surface area contributed by atoms with Gasteiger partial charge in [0.1, 0.15) is 5.78 Å². The Kier molecular flexibility index (Phi) is 5.52. The van der Waals surface area contributed by atoms with Gasteiger partial charge in [0, 0.05) is 22.3 Å². The van der Waals surface area contributed by atoms with Crippen molar-refractivity contribution in [3.8, 4) is 0 Å². The minimum absolute atomic E-state index is 0.0531. The number of ketones is 1. The standard InChI is InChI=1S/C13H14ClNO3/c1-10(16)8-12(9-15(17)18)3-2-11-4-6-13(14)7-5-11/h2-7,12H,8-9H2,1H3/b3-2+/t12-/m1/s1. The summed E-state index contributed by atoms with van der Waals surface area (Å²) in [5, 5.41) is 11.1. The van der Waals surface area contributed by atoms with Crippen LogP contribution in [-0.4, -0.2) is 17.3 Å². The number of hydrogen-bond donors (Lipinski definition) is 0. The SMILES string of the molecule is CC(=O)C[C@@H](/C=C/c1ccc(Cl)cc1)C[N+](=O)[O-]. The van der Waals surface area contributed by atoms with Crippen LogP contribution in [0, 0.1) is 16.0 Å². The molecule has 0 bridgehead atoms. The van der Waals surface area contributed by atoms with Crippen LogP contribution < -0.4 is 0 Å². The van der Waals surface area contributed by atoms with Gasteiger partial charge in [-0.25, -0.2) is 0 Å². The van der Waals surface area contributed by atoms with Gasteiger partial charge in [0.05, 0.1) is 0 Å². The zero-order valence-electron chi connectivity index (χ0n) is 10.0. The van der Waals surface area contributed by atoms with E-state index in [4.69, 9.17) is 11.6 Å². The van der Waals surface area contributed by atoms with Gasteiger partial charge in [-0.1, -0.05) is 35.9 Å². The molecule has 0 aliphatic rings. The molecule has 0 aliphatic carbocycles. The minimum atomic E-state index is -0.403. The summed E-state index contributed by atoms with van der Waals surface area (Å²) < 4.78 is 0. The van der Waals surface area contributed by atoms with Crippen LogP contribution >= 0.6 is 11.6 Å². The average Bonchev–Trinajstić information content (AvgIpc) is 2.26. The van der Waals surface area contributed by atoms with Crippen molar-refractivity contribution in [1.29, 1.82) is 0 Å². The van der Waals surface area contributed by atoms with Crippen LogP contribution in [0.3, 0.4) is 0 Å². The summed E-state index contributed by atoms with van der Waals surface area (Å²) in [6, 6.07) is 7.12. The van der Waals surface area contributed by atoms with Gasteiger partial charge in [-0.15, -0.1) is 0 Å². The molecule has 4 nitrogen and oxygen atoms in total. The Balaban J connectivity index is 2.72. The fraction of sp³-hybridized carbons (Fsp3) is 0.308. The van der Waals surface area contributed by atoms with Crippen LogP contribution in [0.5, 0.6) is 0 Å². The van der Waals surface area contributed by atoms with E-state index < -0.39 is 4.92 Å². The lowest BCUT2D eigenvalue weighted by Gasteiger charge is -2.05. The van der Waals surface area contributed by atoms with Crippen molar-refractivity contribution in [2.75, 3.05) is 6.54 Å². The third kappa shape index (κ3) is 5.59. The highest BCUT2D eigenvalue weighted by molar-refractivity contribution is 6.30. The van der Waals surface area contributed by atoms with Crippen molar-refractivity contribution < 1.29 is 9.72 Å². The molecule has 0 spiro atoms. The van der Waals surface area contributed by atoms with Crippen LogP contribution in [0.2, 0.25) is 5.02 Å². The van der Waals surface area contributed by atoms with Gasteiger partial charge in [-0.3, -0.25) is 10.1 Å². The minimum Gasteiger partial charge on any atom is -0.300 e. The Morgan fingerprint density at radius 1 is 1.44 bits per heavy atom. The van der Waals surface area contributed by atoms with Gasteiger partial charge in [0.15, 0.2) is 0 Å². The van der Waals surface area contributed by atoms with Crippen molar-refractivity contribution in [1.82, 2.24) is 0 Å². The number of halogens is 1. The van der Waals surface area contributed by atoms with Crippen LogP contribution in [0.1, 0.15) is 18.9 Å². The van der Waals surface area contributed by atoms with E-state index in [-0.39, 0.29) is 24.7 Å². The van der Waals surface area contributed by atoms with Crippen LogP contribution in [0.25, 0.3) is 6.08 Å². The predicted octanol–water partition coefficient (Wildman–Crippen LogP) is 3.23. The van der Waals surface area contributed by atoms with E-state index in [9.17, 15) is 14.9 Å². The number of benzene rings is 1. The molecule has 0 saturated heterocycles. The molecule has 18 heavy (non-hydrogen) atoms.